The predicted octanol–water partition coefficient (Wildman–Crippen LogP) is 3.16. The summed E-state index contributed by atoms with van der Waals surface area (Å²) in [5.41, 5.74) is 0. The Labute approximate surface area is 138 Å². The SMILES string of the molecule is CC(C)[C@H]1CCC[C@H](NC(=O)c2ccc(CS(C)(=O)=O)o2)CC1. The molecule has 2 atom stereocenters. The zero-order valence-electron chi connectivity index (χ0n) is 14.2. The minimum absolute atomic E-state index is 0.176. The number of hydrogen-bond acceptors (Lipinski definition) is 4. The lowest BCUT2D eigenvalue weighted by Gasteiger charge is -2.18. The number of nitrogens with one attached hydrogen (secondary N) is 1. The number of carbonyl (C=O) groups excluding carboxylic acids is 1. The zero-order valence-corrected chi connectivity index (χ0v) is 15.0. The molecular weight excluding hydrogens is 314 g/mol. The van der Waals surface area contributed by atoms with Crippen molar-refractivity contribution in [2.24, 2.45) is 11.8 Å². The minimum atomic E-state index is -3.16. The molecule has 0 bridgehead atoms. The number of amides is 1. The predicted molar refractivity (Wildman–Crippen MR) is 89.9 cm³/mol. The van der Waals surface area contributed by atoms with Crippen molar-refractivity contribution < 1.29 is 17.6 Å². The molecule has 23 heavy (non-hydrogen) atoms. The number of carbonyl (C=O) groups is 1. The molecule has 5 nitrogen and oxygen atoms in total. The lowest BCUT2D eigenvalue weighted by molar-refractivity contribution is 0.0903. The van der Waals surface area contributed by atoms with E-state index >= 15 is 0 Å². The van der Waals surface area contributed by atoms with Gasteiger partial charge in [0.25, 0.3) is 5.91 Å². The van der Waals surface area contributed by atoms with E-state index in [4.69, 9.17) is 4.42 Å². The molecule has 130 valence electrons. The summed E-state index contributed by atoms with van der Waals surface area (Å²) in [7, 11) is -3.16. The van der Waals surface area contributed by atoms with Crippen molar-refractivity contribution in [3.63, 3.8) is 0 Å². The molecule has 1 saturated carbocycles. The smallest absolute Gasteiger partial charge is 0.287 e. The Balaban J connectivity index is 1.92. The Bertz CT molecular complexity index is 633. The molecule has 0 unspecified atom stereocenters. The van der Waals surface area contributed by atoms with Gasteiger partial charge in [-0.15, -0.1) is 0 Å². The van der Waals surface area contributed by atoms with Gasteiger partial charge in [-0.2, -0.15) is 0 Å². The third-order valence-corrected chi connectivity index (χ3v) is 5.39. The molecule has 1 fully saturated rings. The van der Waals surface area contributed by atoms with Crippen LogP contribution in [-0.2, 0) is 15.6 Å². The van der Waals surface area contributed by atoms with E-state index in [1.165, 1.54) is 6.42 Å². The first-order valence-electron chi connectivity index (χ1n) is 8.32. The Morgan fingerprint density at radius 1 is 1.26 bits per heavy atom. The second kappa shape index (κ2) is 7.51. The van der Waals surface area contributed by atoms with Gasteiger partial charge in [-0.1, -0.05) is 26.7 Å². The first-order valence-corrected chi connectivity index (χ1v) is 10.4. The number of hydrogen-bond donors (Lipinski definition) is 1. The van der Waals surface area contributed by atoms with Crippen molar-refractivity contribution in [2.75, 3.05) is 6.26 Å². The van der Waals surface area contributed by atoms with E-state index in [0.717, 1.165) is 37.9 Å². The van der Waals surface area contributed by atoms with Crippen LogP contribution < -0.4 is 5.32 Å². The van der Waals surface area contributed by atoms with Crippen LogP contribution in [-0.4, -0.2) is 26.6 Å². The molecule has 0 saturated heterocycles. The summed E-state index contributed by atoms with van der Waals surface area (Å²) in [6.45, 7) is 4.52. The van der Waals surface area contributed by atoms with E-state index in [1.807, 2.05) is 0 Å². The third-order valence-electron chi connectivity index (χ3n) is 4.58. The lowest BCUT2D eigenvalue weighted by Crippen LogP contribution is -2.34. The van der Waals surface area contributed by atoms with E-state index in [2.05, 4.69) is 19.2 Å². The van der Waals surface area contributed by atoms with E-state index < -0.39 is 9.84 Å². The summed E-state index contributed by atoms with van der Waals surface area (Å²) in [6.07, 6.45) is 6.62. The quantitative estimate of drug-likeness (QED) is 0.835. The van der Waals surface area contributed by atoms with Crippen LogP contribution in [0.3, 0.4) is 0 Å². The molecule has 0 spiro atoms. The molecule has 0 radical (unpaired) electrons. The monoisotopic (exact) mass is 341 g/mol. The van der Waals surface area contributed by atoms with Crippen LogP contribution in [0.4, 0.5) is 0 Å². The molecule has 1 aliphatic rings. The van der Waals surface area contributed by atoms with Crippen molar-refractivity contribution in [1.29, 1.82) is 0 Å². The molecule has 6 heteroatoms. The molecule has 0 aromatic carbocycles. The Morgan fingerprint density at radius 2 is 2.00 bits per heavy atom. The number of rotatable bonds is 5. The van der Waals surface area contributed by atoms with E-state index in [9.17, 15) is 13.2 Å². The van der Waals surface area contributed by atoms with Gasteiger partial charge in [0.05, 0.1) is 0 Å². The molecule has 1 aromatic rings. The first-order chi connectivity index (χ1) is 10.7. The Morgan fingerprint density at radius 3 is 2.65 bits per heavy atom. The van der Waals surface area contributed by atoms with Crippen molar-refractivity contribution in [2.45, 2.75) is 57.7 Å². The third kappa shape index (κ3) is 5.68. The Hall–Kier alpha value is -1.30. The largest absolute Gasteiger partial charge is 0.455 e. The molecule has 1 amide bonds. The van der Waals surface area contributed by atoms with Crippen LogP contribution in [0.25, 0.3) is 0 Å². The van der Waals surface area contributed by atoms with Crippen LogP contribution in [0.1, 0.15) is 62.3 Å². The van der Waals surface area contributed by atoms with Gasteiger partial charge in [-0.3, -0.25) is 4.79 Å². The number of sulfone groups is 1. The summed E-state index contributed by atoms with van der Waals surface area (Å²) in [5.74, 6) is 1.49. The fraction of sp³-hybridized carbons (Fsp3) is 0.706. The van der Waals surface area contributed by atoms with Crippen LogP contribution in [0.2, 0.25) is 0 Å². The van der Waals surface area contributed by atoms with Crippen molar-refractivity contribution >= 4 is 15.7 Å². The minimum Gasteiger partial charge on any atom is -0.455 e. The van der Waals surface area contributed by atoms with Crippen LogP contribution in [0, 0.1) is 11.8 Å². The topological polar surface area (TPSA) is 76.4 Å². The second-order valence-corrected chi connectivity index (χ2v) is 9.16. The van der Waals surface area contributed by atoms with Crippen LogP contribution >= 0.6 is 0 Å². The zero-order chi connectivity index (χ0) is 17.0. The highest BCUT2D eigenvalue weighted by Crippen LogP contribution is 2.29. The van der Waals surface area contributed by atoms with E-state index in [-0.39, 0.29) is 23.5 Å². The van der Waals surface area contributed by atoms with Gasteiger partial charge in [0.2, 0.25) is 0 Å². The summed E-state index contributed by atoms with van der Waals surface area (Å²) in [5, 5.41) is 3.03. The van der Waals surface area contributed by atoms with Crippen molar-refractivity contribution in [3.05, 3.63) is 23.7 Å². The average molecular weight is 341 g/mol. The maximum atomic E-state index is 12.3. The van der Waals surface area contributed by atoms with E-state index in [1.54, 1.807) is 12.1 Å². The normalized spacial score (nSPS) is 22.8. The van der Waals surface area contributed by atoms with Crippen LogP contribution in [0.15, 0.2) is 16.5 Å². The molecule has 1 aliphatic carbocycles. The van der Waals surface area contributed by atoms with E-state index in [0.29, 0.717) is 11.7 Å². The summed E-state index contributed by atoms with van der Waals surface area (Å²) in [4.78, 5) is 12.3. The molecule has 0 aliphatic heterocycles. The molecule has 2 rings (SSSR count). The van der Waals surface area contributed by atoms with Gasteiger partial charge in [-0.05, 0) is 43.2 Å². The van der Waals surface area contributed by atoms with Gasteiger partial charge >= 0.3 is 0 Å². The molecule has 1 N–H and O–H groups in total. The molecule has 1 aromatic heterocycles. The molecule has 1 heterocycles. The standard InChI is InChI=1S/C17H27NO4S/c1-12(2)13-5-4-6-14(8-7-13)18-17(19)16-10-9-15(22-16)11-23(3,20)21/h9-10,12-14H,4-8,11H2,1-3H3,(H,18,19)/t13-,14-/m0/s1. The highest BCUT2D eigenvalue weighted by Gasteiger charge is 2.23. The summed E-state index contributed by atoms with van der Waals surface area (Å²) in [6, 6.07) is 3.27. The summed E-state index contributed by atoms with van der Waals surface area (Å²) < 4.78 is 27.9. The van der Waals surface area contributed by atoms with Gasteiger partial charge < -0.3 is 9.73 Å². The maximum Gasteiger partial charge on any atom is 0.287 e. The maximum absolute atomic E-state index is 12.3. The lowest BCUT2D eigenvalue weighted by atomic mass is 9.89. The van der Waals surface area contributed by atoms with Crippen molar-refractivity contribution in [1.82, 2.24) is 5.32 Å². The van der Waals surface area contributed by atoms with Gasteiger partial charge in [0.1, 0.15) is 11.5 Å². The van der Waals surface area contributed by atoms with Gasteiger partial charge in [0, 0.05) is 12.3 Å². The second-order valence-electron chi connectivity index (χ2n) is 7.02. The average Bonchev–Trinajstić information content (AvgIpc) is 2.75. The van der Waals surface area contributed by atoms with Crippen molar-refractivity contribution in [3.8, 4) is 0 Å². The van der Waals surface area contributed by atoms with Gasteiger partial charge in [0.15, 0.2) is 15.6 Å². The summed E-state index contributed by atoms with van der Waals surface area (Å²) >= 11 is 0. The highest BCUT2D eigenvalue weighted by molar-refractivity contribution is 7.89. The van der Waals surface area contributed by atoms with Crippen LogP contribution in [0.5, 0.6) is 0 Å². The highest BCUT2D eigenvalue weighted by atomic mass is 32.2. The molecular formula is C17H27NO4S. The first kappa shape index (κ1) is 18.0. The fourth-order valence-electron chi connectivity index (χ4n) is 3.23. The fourth-order valence-corrected chi connectivity index (χ4v) is 3.91. The Kier molecular flexibility index (Phi) is 5.89. The number of furan rings is 1. The van der Waals surface area contributed by atoms with Gasteiger partial charge in [-0.25, -0.2) is 8.42 Å².